The van der Waals surface area contributed by atoms with Crippen LogP contribution in [-0.2, 0) is 42.8 Å². The number of nitrogens with two attached hydrogens (primary N) is 1. The predicted octanol–water partition coefficient (Wildman–Crippen LogP) is 6.29. The summed E-state index contributed by atoms with van der Waals surface area (Å²) in [6.45, 7) is 6.50. The van der Waals surface area contributed by atoms with Gasteiger partial charge in [0.05, 0.1) is 18.9 Å². The molecule has 0 fully saturated rings. The summed E-state index contributed by atoms with van der Waals surface area (Å²) >= 11 is 1.31. The minimum absolute atomic E-state index is 0.0928. The third-order valence-electron chi connectivity index (χ3n) is 5.66. The summed E-state index contributed by atoms with van der Waals surface area (Å²) in [6, 6.07) is 13.2. The average molecular weight is 599 g/mol. The number of hydrogen-bond donors (Lipinski definition) is 1. The van der Waals surface area contributed by atoms with Crippen LogP contribution >= 0.6 is 18.9 Å². The van der Waals surface area contributed by atoms with Gasteiger partial charge in [-0.15, -0.1) is 11.3 Å². The lowest BCUT2D eigenvalue weighted by Crippen LogP contribution is -2.16. The van der Waals surface area contributed by atoms with Crippen LogP contribution in [0.4, 0.5) is 5.69 Å². The fraction of sp³-hybridized carbons (Fsp3) is 0.276. The van der Waals surface area contributed by atoms with Crippen LogP contribution in [-0.4, -0.2) is 16.9 Å². The number of ether oxygens (including phenoxy) is 2. The number of carbonyl (C=O) groups is 2. The lowest BCUT2D eigenvalue weighted by molar-refractivity contribution is -0.132. The number of carbonyl (C=O) groups excluding carboxylic acids is 2. The highest BCUT2D eigenvalue weighted by molar-refractivity contribution is 7.63. The first-order valence-corrected chi connectivity index (χ1v) is 15.2. The first-order valence-electron chi connectivity index (χ1n) is 12.8. The Balaban J connectivity index is 1.68. The summed E-state index contributed by atoms with van der Waals surface area (Å²) in [7, 11) is -4.13. The second kappa shape index (κ2) is 13.3. The van der Waals surface area contributed by atoms with Gasteiger partial charge >= 0.3 is 19.5 Å². The van der Waals surface area contributed by atoms with Crippen LogP contribution in [0.1, 0.15) is 44.6 Å². The Labute approximate surface area is 241 Å². The number of anilines is 1. The first kappa shape index (κ1) is 30.2. The van der Waals surface area contributed by atoms with Crippen molar-refractivity contribution in [2.75, 3.05) is 5.73 Å². The Morgan fingerprint density at radius 1 is 0.927 bits per heavy atom. The average Bonchev–Trinajstić information content (AvgIpc) is 3.56. The normalized spacial score (nSPS) is 11.5. The van der Waals surface area contributed by atoms with E-state index >= 15 is 0 Å². The molecule has 0 spiro atoms. The van der Waals surface area contributed by atoms with Crippen LogP contribution in [0.2, 0.25) is 0 Å². The molecule has 2 heterocycles. The van der Waals surface area contributed by atoms with Crippen molar-refractivity contribution in [3.05, 3.63) is 77.0 Å². The van der Waals surface area contributed by atoms with Gasteiger partial charge in [-0.3, -0.25) is 14.2 Å². The molecule has 216 valence electrons. The molecule has 12 heteroatoms. The number of nitrogens with zero attached hydrogens (tertiary/aromatic N) is 1. The molecular weight excluding hydrogens is 567 g/mol. The zero-order valence-electron chi connectivity index (χ0n) is 23.1. The topological polar surface area (TPSA) is 140 Å². The molecular formula is C29H31N2O8PS. The molecule has 0 aliphatic carbocycles. The highest BCUT2D eigenvalue weighted by Gasteiger charge is 2.39. The van der Waals surface area contributed by atoms with Crippen molar-refractivity contribution in [2.24, 2.45) is 5.92 Å². The number of thiazole rings is 1. The largest absolute Gasteiger partial charge is 0.455 e. The van der Waals surface area contributed by atoms with Gasteiger partial charge in [0.2, 0.25) is 0 Å². The van der Waals surface area contributed by atoms with Crippen LogP contribution < -0.4 is 20.5 Å². The third-order valence-corrected chi connectivity index (χ3v) is 8.36. The first-order chi connectivity index (χ1) is 19.5. The summed E-state index contributed by atoms with van der Waals surface area (Å²) in [5.41, 5.74) is 8.09. The zero-order valence-corrected chi connectivity index (χ0v) is 24.8. The van der Waals surface area contributed by atoms with Crippen LogP contribution in [0.25, 0.3) is 10.8 Å². The van der Waals surface area contributed by atoms with Crippen molar-refractivity contribution in [1.29, 1.82) is 0 Å². The fourth-order valence-corrected chi connectivity index (χ4v) is 6.37. The minimum Gasteiger partial charge on any atom is -0.455 e. The molecule has 4 rings (SSSR count). The predicted molar refractivity (Wildman–Crippen MR) is 155 cm³/mol. The summed E-state index contributed by atoms with van der Waals surface area (Å²) in [5, 5.41) is 2.39. The molecule has 2 aromatic carbocycles. The van der Waals surface area contributed by atoms with E-state index in [0.29, 0.717) is 39.8 Å². The summed E-state index contributed by atoms with van der Waals surface area (Å²) in [6.07, 6.45) is 2.13. The van der Waals surface area contributed by atoms with Crippen molar-refractivity contribution >= 4 is 41.9 Å². The highest BCUT2D eigenvalue weighted by atomic mass is 32.1. The van der Waals surface area contributed by atoms with Crippen molar-refractivity contribution < 1.29 is 37.1 Å². The maximum atomic E-state index is 14.7. The second-order valence-electron chi connectivity index (χ2n) is 9.57. The van der Waals surface area contributed by atoms with Gasteiger partial charge in [0.15, 0.2) is 10.8 Å². The number of aromatic nitrogens is 1. The van der Waals surface area contributed by atoms with E-state index in [4.69, 9.17) is 28.7 Å². The molecule has 4 aromatic rings. The van der Waals surface area contributed by atoms with Gasteiger partial charge in [-0.1, -0.05) is 38.1 Å². The van der Waals surface area contributed by atoms with E-state index in [0.717, 1.165) is 0 Å². The third kappa shape index (κ3) is 7.92. The Morgan fingerprint density at radius 2 is 1.44 bits per heavy atom. The van der Waals surface area contributed by atoms with Gasteiger partial charge in [-0.25, -0.2) is 4.98 Å². The number of nitrogen functional groups attached to an aromatic ring is 1. The maximum Gasteiger partial charge on any atom is 0.368 e. The molecule has 0 aliphatic rings. The molecule has 0 saturated heterocycles. The lowest BCUT2D eigenvalue weighted by Gasteiger charge is -2.19. The molecule has 0 radical (unpaired) electrons. The fourth-order valence-electron chi connectivity index (χ4n) is 3.88. The molecule has 10 nitrogen and oxygen atoms in total. The number of furan rings is 1. The van der Waals surface area contributed by atoms with Gasteiger partial charge in [0.25, 0.3) is 0 Å². The molecule has 0 atom stereocenters. The number of hydrogen-bond acceptors (Lipinski definition) is 11. The summed E-state index contributed by atoms with van der Waals surface area (Å²) in [5.74, 6) is 0.817. The Hall–Kier alpha value is -3.76. The molecule has 41 heavy (non-hydrogen) atoms. The Morgan fingerprint density at radius 3 is 1.85 bits per heavy atom. The van der Waals surface area contributed by atoms with Crippen LogP contribution in [0.5, 0.6) is 11.5 Å². The zero-order chi connectivity index (χ0) is 29.6. The summed E-state index contributed by atoms with van der Waals surface area (Å²) in [4.78, 5) is 26.9. The molecule has 0 unspecified atom stereocenters. The lowest BCUT2D eigenvalue weighted by atomic mass is 10.1. The van der Waals surface area contributed by atoms with Crippen LogP contribution in [0.15, 0.2) is 64.5 Å². The van der Waals surface area contributed by atoms with E-state index in [-0.39, 0.29) is 35.9 Å². The van der Waals surface area contributed by atoms with E-state index in [1.807, 2.05) is 13.8 Å². The van der Waals surface area contributed by atoms with Crippen LogP contribution in [0, 0.1) is 5.92 Å². The highest BCUT2D eigenvalue weighted by Crippen LogP contribution is 2.54. The van der Waals surface area contributed by atoms with Gasteiger partial charge in [-0.2, -0.15) is 0 Å². The summed E-state index contributed by atoms with van der Waals surface area (Å²) < 4.78 is 43.1. The Kier molecular flexibility index (Phi) is 9.77. The Bertz CT molecular complexity index is 1460. The molecule has 0 saturated carbocycles. The van der Waals surface area contributed by atoms with Crippen molar-refractivity contribution in [1.82, 2.24) is 4.98 Å². The van der Waals surface area contributed by atoms with Gasteiger partial charge in [0, 0.05) is 31.8 Å². The molecule has 0 aliphatic heterocycles. The second-order valence-corrected chi connectivity index (χ2v) is 12.4. The molecule has 2 aromatic heterocycles. The molecule has 2 N–H and O–H groups in total. The van der Waals surface area contributed by atoms with E-state index in [1.54, 1.807) is 60.1 Å². The van der Waals surface area contributed by atoms with E-state index in [1.165, 1.54) is 25.2 Å². The molecule has 0 bridgehead atoms. The van der Waals surface area contributed by atoms with Crippen molar-refractivity contribution in [2.45, 2.75) is 47.3 Å². The van der Waals surface area contributed by atoms with Crippen LogP contribution in [0.3, 0.4) is 0 Å². The SMILES string of the molecule is CC(=O)Oc1ccc(COP(=O)(OCc2ccc(OC(C)=O)cc2)c2c(-c3nccs3)oc(CC(C)C)c2N)cc1. The van der Waals surface area contributed by atoms with E-state index in [9.17, 15) is 14.2 Å². The van der Waals surface area contributed by atoms with Gasteiger partial charge in [-0.05, 0) is 41.3 Å². The monoisotopic (exact) mass is 598 g/mol. The number of benzene rings is 2. The van der Waals surface area contributed by atoms with Crippen molar-refractivity contribution in [3.63, 3.8) is 0 Å². The quantitative estimate of drug-likeness (QED) is 0.112. The molecule has 0 amide bonds. The van der Waals surface area contributed by atoms with Crippen molar-refractivity contribution in [3.8, 4) is 22.3 Å². The number of esters is 2. The van der Waals surface area contributed by atoms with Gasteiger partial charge in [0.1, 0.15) is 22.6 Å². The van der Waals surface area contributed by atoms with E-state index < -0.39 is 19.5 Å². The van der Waals surface area contributed by atoms with Gasteiger partial charge < -0.3 is 28.7 Å². The smallest absolute Gasteiger partial charge is 0.368 e. The van der Waals surface area contributed by atoms with E-state index in [2.05, 4.69) is 4.98 Å². The maximum absolute atomic E-state index is 14.7. The number of rotatable bonds is 12. The standard InChI is InChI=1S/C29H31N2O8PS/c1-18(2)15-25-26(30)28(27(39-25)29-31-13-14-41-29)40(34,35-16-21-5-9-23(10-6-21)37-19(3)32)36-17-22-7-11-24(12-8-22)38-20(4)33/h5-14,18H,15-17,30H2,1-4H3. The minimum atomic E-state index is -4.13.